The Morgan fingerprint density at radius 2 is 2.15 bits per heavy atom. The summed E-state index contributed by atoms with van der Waals surface area (Å²) in [6.45, 7) is 7.07. The number of H-pyrrole nitrogens is 1. The number of aliphatic hydroxyl groups excluding tert-OH is 1. The molecule has 2 aliphatic heterocycles. The molecule has 2 fully saturated rings. The molecule has 0 amide bonds. The van der Waals surface area contributed by atoms with Gasteiger partial charge in [0, 0.05) is 11.6 Å². The lowest BCUT2D eigenvalue weighted by Gasteiger charge is -2.30. The molecule has 2 bridgehead atoms. The number of aromatic nitrogens is 4. The molecule has 4 atom stereocenters. The first kappa shape index (κ1) is 22.2. The summed E-state index contributed by atoms with van der Waals surface area (Å²) in [7, 11) is 0. The van der Waals surface area contributed by atoms with Gasteiger partial charge in [-0.15, -0.1) is 0 Å². The fourth-order valence-electron chi connectivity index (χ4n) is 4.96. The van der Waals surface area contributed by atoms with Crippen molar-refractivity contribution in [2.45, 2.75) is 83.0 Å². The van der Waals surface area contributed by atoms with E-state index in [4.69, 9.17) is 17.7 Å². The first-order valence-electron chi connectivity index (χ1n) is 12.0. The summed E-state index contributed by atoms with van der Waals surface area (Å²) in [5, 5.41) is 21.3. The van der Waals surface area contributed by atoms with Crippen molar-refractivity contribution in [2.75, 3.05) is 0 Å². The molecule has 8 nitrogen and oxygen atoms in total. The maximum atomic E-state index is 15.3. The van der Waals surface area contributed by atoms with Crippen LogP contribution in [0.5, 0.6) is 0 Å². The van der Waals surface area contributed by atoms with Crippen molar-refractivity contribution in [1.82, 2.24) is 19.5 Å². The van der Waals surface area contributed by atoms with Gasteiger partial charge in [0.2, 0.25) is 5.62 Å². The Labute approximate surface area is 202 Å². The zero-order valence-electron chi connectivity index (χ0n) is 20.5. The van der Waals surface area contributed by atoms with Gasteiger partial charge >= 0.3 is 0 Å². The van der Waals surface area contributed by atoms with E-state index in [-0.39, 0.29) is 46.3 Å². The Balaban J connectivity index is 1.66. The van der Waals surface area contributed by atoms with Gasteiger partial charge in [0.05, 0.1) is 42.0 Å². The highest BCUT2D eigenvalue weighted by molar-refractivity contribution is 6.32. The lowest BCUT2D eigenvalue weighted by Crippen LogP contribution is -2.43. The molecule has 0 aliphatic carbocycles. The number of hydrogen-bond donors (Lipinski definition) is 3. The number of aliphatic hydroxyl groups is 2. The van der Waals surface area contributed by atoms with E-state index in [2.05, 4.69) is 19.9 Å². The minimum atomic E-state index is -1.28. The number of nitrogens with zero attached hydrogens (tertiary/aromatic N) is 4. The second-order valence-corrected chi connectivity index (χ2v) is 10.3. The van der Waals surface area contributed by atoms with E-state index in [0.29, 0.717) is 23.3 Å². The first-order valence-corrected chi connectivity index (χ1v) is 11.9. The summed E-state index contributed by atoms with van der Waals surface area (Å²) in [6.07, 6.45) is 1.08. The van der Waals surface area contributed by atoms with Crippen LogP contribution in [0.2, 0.25) is 5.02 Å². The summed E-state index contributed by atoms with van der Waals surface area (Å²) in [5.41, 5.74) is 0.174. The van der Waals surface area contributed by atoms with Crippen molar-refractivity contribution < 1.29 is 20.7 Å². The summed E-state index contributed by atoms with van der Waals surface area (Å²) in [5.74, 6) is -0.228. The van der Waals surface area contributed by atoms with Gasteiger partial charge in [0.15, 0.2) is 5.82 Å². The first-order chi connectivity index (χ1) is 16.4. The highest BCUT2D eigenvalue weighted by atomic mass is 35.5. The minimum Gasteiger partial charge on any atom is -0.388 e. The third-order valence-corrected chi connectivity index (χ3v) is 6.80. The predicted octanol–water partition coefficient (Wildman–Crippen LogP) is 3.61. The predicted molar refractivity (Wildman–Crippen MR) is 126 cm³/mol. The van der Waals surface area contributed by atoms with Crippen LogP contribution >= 0.6 is 11.6 Å². The van der Waals surface area contributed by atoms with E-state index >= 15 is 4.39 Å². The molecule has 5 rings (SSSR count). The van der Waals surface area contributed by atoms with Crippen molar-refractivity contribution in [3.8, 4) is 11.3 Å². The highest BCUT2D eigenvalue weighted by Gasteiger charge is 2.42. The third kappa shape index (κ3) is 4.04. The molecule has 0 spiro atoms. The maximum absolute atomic E-state index is 15.3. The number of halogens is 2. The van der Waals surface area contributed by atoms with Gasteiger partial charge < -0.3 is 24.5 Å². The molecule has 2 aromatic heterocycles. The Hall–Kier alpha value is -2.33. The molecule has 2 saturated heterocycles. The van der Waals surface area contributed by atoms with Crippen LogP contribution in [0.1, 0.15) is 60.2 Å². The summed E-state index contributed by atoms with van der Waals surface area (Å²) < 4.78 is 31.1. The standard InChI is InChI=1S/C24H29ClFN5O3/c1-11(2)31-17-8-12(7-15(26)20(17)29-22(31)24(3,4)33)19-14(25)10-27-23(30-19)28-16-9-13-5-6-18(34-13)21(16)32/h7-8,10-11,13,16,18,21,32-33H,5-6,9H2,1-4H3,(H,27,28,30)/t13-,16-,18+,21+/m1/s1/i10D. The van der Waals surface area contributed by atoms with Crippen LogP contribution in [-0.2, 0) is 10.3 Å². The van der Waals surface area contributed by atoms with Crippen LogP contribution in [0.3, 0.4) is 0 Å². The van der Waals surface area contributed by atoms with Crippen LogP contribution in [0.25, 0.3) is 22.3 Å². The molecule has 0 saturated carbocycles. The maximum Gasteiger partial charge on any atom is 0.222 e. The van der Waals surface area contributed by atoms with Crippen molar-refractivity contribution >= 4 is 22.6 Å². The summed E-state index contributed by atoms with van der Waals surface area (Å²) in [6, 6.07) is 2.49. The van der Waals surface area contributed by atoms with Gasteiger partial charge in [-0.05, 0) is 59.1 Å². The number of rotatable bonds is 4. The van der Waals surface area contributed by atoms with E-state index in [9.17, 15) is 10.2 Å². The van der Waals surface area contributed by atoms with Gasteiger partial charge in [-0.25, -0.2) is 19.4 Å². The van der Waals surface area contributed by atoms with Crippen LogP contribution in [0.4, 0.5) is 4.39 Å². The summed E-state index contributed by atoms with van der Waals surface area (Å²) >= 11 is 6.43. The molecule has 34 heavy (non-hydrogen) atoms. The van der Waals surface area contributed by atoms with Gasteiger partial charge in [0.1, 0.15) is 23.0 Å². The van der Waals surface area contributed by atoms with Crippen molar-refractivity contribution in [2.24, 2.45) is 4.99 Å². The largest absolute Gasteiger partial charge is 0.388 e. The zero-order valence-corrected chi connectivity index (χ0v) is 20.3. The average Bonchev–Trinajstić information content (AvgIpc) is 3.36. The van der Waals surface area contributed by atoms with E-state index < -0.39 is 23.6 Å². The van der Waals surface area contributed by atoms with Crippen LogP contribution in [0.15, 0.2) is 23.3 Å². The minimum absolute atomic E-state index is 0.0219. The van der Waals surface area contributed by atoms with Gasteiger partial charge in [-0.2, -0.15) is 0 Å². The number of imidazole rings is 1. The second kappa shape index (κ2) is 8.41. The zero-order chi connectivity index (χ0) is 25.2. The molecular formula is C24H29ClFN5O3. The molecule has 10 heteroatoms. The molecular weight excluding hydrogens is 461 g/mol. The lowest BCUT2D eigenvalue weighted by atomic mass is 10.0. The fourth-order valence-corrected chi connectivity index (χ4v) is 5.16. The van der Waals surface area contributed by atoms with Gasteiger partial charge in [-0.1, -0.05) is 11.6 Å². The van der Waals surface area contributed by atoms with Crippen molar-refractivity contribution in [1.29, 1.82) is 0 Å². The van der Waals surface area contributed by atoms with E-state index in [1.165, 1.54) is 6.07 Å². The number of hydrogen-bond acceptors (Lipinski definition) is 6. The average molecular weight is 491 g/mol. The second-order valence-electron chi connectivity index (χ2n) is 9.94. The number of aromatic amines is 1. The smallest absolute Gasteiger partial charge is 0.222 e. The number of fused-ring (bicyclic) bond motifs is 3. The Morgan fingerprint density at radius 1 is 1.38 bits per heavy atom. The molecule has 3 N–H and O–H groups in total. The van der Waals surface area contributed by atoms with Crippen molar-refractivity contribution in [3.05, 3.63) is 40.6 Å². The molecule has 182 valence electrons. The monoisotopic (exact) mass is 490 g/mol. The fraction of sp³-hybridized carbons (Fsp3) is 0.542. The van der Waals surface area contributed by atoms with Crippen LogP contribution < -0.4 is 5.62 Å². The quantitative estimate of drug-likeness (QED) is 0.517. The number of nitrogens with one attached hydrogen (secondary N) is 1. The van der Waals surface area contributed by atoms with Gasteiger partial charge in [-0.3, -0.25) is 0 Å². The van der Waals surface area contributed by atoms with E-state index in [0.717, 1.165) is 12.8 Å². The normalized spacial score (nSPS) is 26.0. The Kier molecular flexibility index (Phi) is 5.48. The number of ether oxygens (including phenoxy) is 1. The topological polar surface area (TPSA) is 109 Å². The summed E-state index contributed by atoms with van der Waals surface area (Å²) in [4.78, 5) is 16.1. The SMILES string of the molecule is [2H]c1nc(=N[C@@H]2C[C@H]3CC[C@H](O3)[C@H]2O)[nH]c(-c2cc(F)c3nc(C(C)(C)O)n(C(C)C)c3c2)c1Cl. The Morgan fingerprint density at radius 3 is 2.85 bits per heavy atom. The highest BCUT2D eigenvalue weighted by Crippen LogP contribution is 2.35. The Bertz CT molecular complexity index is 1370. The van der Waals surface area contributed by atoms with Crippen LogP contribution in [0, 0.1) is 5.82 Å². The van der Waals surface area contributed by atoms with Gasteiger partial charge in [0.25, 0.3) is 0 Å². The van der Waals surface area contributed by atoms with E-state index in [1.807, 2.05) is 13.8 Å². The third-order valence-electron chi connectivity index (χ3n) is 6.53. The van der Waals surface area contributed by atoms with Crippen molar-refractivity contribution in [3.63, 3.8) is 0 Å². The molecule has 1 aromatic carbocycles. The van der Waals surface area contributed by atoms with E-state index in [1.54, 1.807) is 24.5 Å². The molecule has 2 aliphatic rings. The molecule has 3 aromatic rings. The lowest BCUT2D eigenvalue weighted by molar-refractivity contribution is -0.0852. The molecule has 0 unspecified atom stereocenters. The number of benzene rings is 1. The van der Waals surface area contributed by atoms with Crippen LogP contribution in [-0.4, -0.2) is 54.1 Å². The molecule has 4 heterocycles. The molecule has 0 radical (unpaired) electrons.